The fourth-order valence-electron chi connectivity index (χ4n) is 3.78. The van der Waals surface area contributed by atoms with Gasteiger partial charge in [-0.2, -0.15) is 0 Å². The lowest BCUT2D eigenvalue weighted by Crippen LogP contribution is -2.46. The third kappa shape index (κ3) is 5.04. The predicted molar refractivity (Wildman–Crippen MR) is 120 cm³/mol. The molecule has 0 saturated carbocycles. The number of piperazine rings is 1. The molecule has 1 aliphatic heterocycles. The summed E-state index contributed by atoms with van der Waals surface area (Å²) >= 11 is 0. The molecular weight excluding hydrogens is 358 g/mol. The minimum absolute atomic E-state index is 0.0673. The maximum absolute atomic E-state index is 12.6. The number of hydrogen-bond donors (Lipinski definition) is 1. The number of benzene rings is 3. The Labute approximate surface area is 172 Å². The van der Waals surface area contributed by atoms with Crippen LogP contribution >= 0.6 is 0 Å². The van der Waals surface area contributed by atoms with Crippen molar-refractivity contribution in [2.24, 2.45) is 0 Å². The van der Waals surface area contributed by atoms with E-state index < -0.39 is 0 Å². The van der Waals surface area contributed by atoms with E-state index in [1.807, 2.05) is 48.5 Å². The van der Waals surface area contributed by atoms with Crippen LogP contribution < -0.4 is 10.2 Å². The molecule has 1 amide bonds. The number of nitrogens with one attached hydrogen (secondary N) is 1. The average molecular weight is 386 g/mol. The monoisotopic (exact) mass is 385 g/mol. The van der Waals surface area contributed by atoms with Gasteiger partial charge in [0.1, 0.15) is 0 Å². The highest BCUT2D eigenvalue weighted by atomic mass is 16.1. The van der Waals surface area contributed by atoms with Gasteiger partial charge in [-0.15, -0.1) is 0 Å². The lowest BCUT2D eigenvalue weighted by Gasteiger charge is -2.36. The van der Waals surface area contributed by atoms with Gasteiger partial charge in [-0.1, -0.05) is 42.5 Å². The van der Waals surface area contributed by atoms with Crippen LogP contribution in [0.3, 0.4) is 0 Å². The number of carbonyl (C=O) groups is 1. The smallest absolute Gasteiger partial charge is 0.255 e. The van der Waals surface area contributed by atoms with Gasteiger partial charge in [-0.25, -0.2) is 0 Å². The Balaban J connectivity index is 1.34. The number of anilines is 2. The number of aryl methyl sites for hydroxylation is 1. The first kappa shape index (κ1) is 19.2. The van der Waals surface area contributed by atoms with Gasteiger partial charge in [-0.05, 0) is 54.4 Å². The van der Waals surface area contributed by atoms with Gasteiger partial charge in [0.25, 0.3) is 5.91 Å². The van der Waals surface area contributed by atoms with Gasteiger partial charge in [0, 0.05) is 49.7 Å². The molecule has 4 nitrogen and oxygen atoms in total. The van der Waals surface area contributed by atoms with Crippen molar-refractivity contribution in [1.29, 1.82) is 0 Å². The van der Waals surface area contributed by atoms with Crippen molar-refractivity contribution in [3.8, 4) is 0 Å². The number of rotatable bonds is 5. The molecule has 0 atom stereocenters. The standard InChI is InChI=1S/C25H27N3O/c1-20-7-5-12-24(17-20)28-15-13-27(14-16-28)19-21-8-6-9-22(18-21)25(29)26-23-10-3-2-4-11-23/h2-12,17-18H,13-16,19H2,1H3,(H,26,29). The summed E-state index contributed by atoms with van der Waals surface area (Å²) in [6.45, 7) is 7.10. The molecule has 1 N–H and O–H groups in total. The topological polar surface area (TPSA) is 35.6 Å². The third-order valence-corrected chi connectivity index (χ3v) is 5.37. The number of para-hydroxylation sites is 1. The molecule has 4 heteroatoms. The maximum atomic E-state index is 12.6. The molecule has 3 aromatic carbocycles. The maximum Gasteiger partial charge on any atom is 0.255 e. The highest BCUT2D eigenvalue weighted by molar-refractivity contribution is 6.04. The molecule has 29 heavy (non-hydrogen) atoms. The molecule has 0 bridgehead atoms. The fourth-order valence-corrected chi connectivity index (χ4v) is 3.78. The molecule has 148 valence electrons. The van der Waals surface area contributed by atoms with Crippen LogP contribution in [0.25, 0.3) is 0 Å². The van der Waals surface area contributed by atoms with E-state index in [0.717, 1.165) is 38.4 Å². The number of carbonyl (C=O) groups excluding carboxylic acids is 1. The third-order valence-electron chi connectivity index (χ3n) is 5.37. The first-order valence-electron chi connectivity index (χ1n) is 10.2. The molecule has 0 aliphatic carbocycles. The second kappa shape index (κ2) is 8.93. The lowest BCUT2D eigenvalue weighted by molar-refractivity contribution is 0.102. The minimum atomic E-state index is -0.0673. The zero-order chi connectivity index (χ0) is 20.1. The van der Waals surface area contributed by atoms with E-state index in [-0.39, 0.29) is 5.91 Å². The van der Waals surface area contributed by atoms with Crippen LogP contribution in [0.4, 0.5) is 11.4 Å². The Morgan fingerprint density at radius 1 is 0.862 bits per heavy atom. The molecule has 4 rings (SSSR count). The highest BCUT2D eigenvalue weighted by Gasteiger charge is 2.18. The molecule has 0 spiro atoms. The van der Waals surface area contributed by atoms with E-state index in [4.69, 9.17) is 0 Å². The summed E-state index contributed by atoms with van der Waals surface area (Å²) in [7, 11) is 0. The fraction of sp³-hybridized carbons (Fsp3) is 0.240. The van der Waals surface area contributed by atoms with Crippen molar-refractivity contribution in [2.75, 3.05) is 36.4 Å². The van der Waals surface area contributed by atoms with Gasteiger partial charge in [0.05, 0.1) is 0 Å². The van der Waals surface area contributed by atoms with E-state index in [9.17, 15) is 4.79 Å². The van der Waals surface area contributed by atoms with Crippen LogP contribution in [0.5, 0.6) is 0 Å². The van der Waals surface area contributed by atoms with Crippen molar-refractivity contribution >= 4 is 17.3 Å². The largest absolute Gasteiger partial charge is 0.369 e. The van der Waals surface area contributed by atoms with Crippen molar-refractivity contribution < 1.29 is 4.79 Å². The quantitative estimate of drug-likeness (QED) is 0.699. The van der Waals surface area contributed by atoms with Gasteiger partial charge >= 0.3 is 0 Å². The van der Waals surface area contributed by atoms with E-state index in [1.165, 1.54) is 16.8 Å². The van der Waals surface area contributed by atoms with E-state index in [1.54, 1.807) is 0 Å². The zero-order valence-electron chi connectivity index (χ0n) is 16.8. The van der Waals surface area contributed by atoms with Crippen LogP contribution in [-0.4, -0.2) is 37.0 Å². The summed E-state index contributed by atoms with van der Waals surface area (Å²) < 4.78 is 0. The molecule has 0 radical (unpaired) electrons. The molecule has 0 unspecified atom stereocenters. The van der Waals surface area contributed by atoms with Crippen LogP contribution in [0.15, 0.2) is 78.9 Å². The Morgan fingerprint density at radius 2 is 1.62 bits per heavy atom. The molecule has 0 aromatic heterocycles. The van der Waals surface area contributed by atoms with Gasteiger partial charge in [0.15, 0.2) is 0 Å². The summed E-state index contributed by atoms with van der Waals surface area (Å²) in [5.74, 6) is -0.0673. The second-order valence-electron chi connectivity index (χ2n) is 7.62. The van der Waals surface area contributed by atoms with Crippen LogP contribution in [0, 0.1) is 6.92 Å². The number of nitrogens with zero attached hydrogens (tertiary/aromatic N) is 2. The number of hydrogen-bond acceptors (Lipinski definition) is 3. The van der Waals surface area contributed by atoms with Crippen LogP contribution in [0.2, 0.25) is 0 Å². The molecule has 3 aromatic rings. The van der Waals surface area contributed by atoms with E-state index in [0.29, 0.717) is 5.56 Å². The summed E-state index contributed by atoms with van der Waals surface area (Å²) in [6, 6.07) is 26.2. The molecule has 1 heterocycles. The summed E-state index contributed by atoms with van der Waals surface area (Å²) in [6.07, 6.45) is 0. The Bertz CT molecular complexity index is 963. The predicted octanol–water partition coefficient (Wildman–Crippen LogP) is 4.57. The first-order valence-corrected chi connectivity index (χ1v) is 10.2. The van der Waals surface area contributed by atoms with Crippen LogP contribution in [0.1, 0.15) is 21.5 Å². The Morgan fingerprint density at radius 3 is 2.38 bits per heavy atom. The summed E-state index contributed by atoms with van der Waals surface area (Å²) in [5.41, 5.74) is 5.30. The first-order chi connectivity index (χ1) is 14.2. The van der Waals surface area contributed by atoms with Crippen LogP contribution in [-0.2, 0) is 6.54 Å². The van der Waals surface area contributed by atoms with Gasteiger partial charge in [0.2, 0.25) is 0 Å². The zero-order valence-corrected chi connectivity index (χ0v) is 16.8. The van der Waals surface area contributed by atoms with Crippen molar-refractivity contribution in [2.45, 2.75) is 13.5 Å². The number of amides is 1. The molecule has 1 aliphatic rings. The highest BCUT2D eigenvalue weighted by Crippen LogP contribution is 2.19. The van der Waals surface area contributed by atoms with Gasteiger partial charge in [-0.3, -0.25) is 9.69 Å². The van der Waals surface area contributed by atoms with Crippen molar-refractivity contribution in [3.05, 3.63) is 95.6 Å². The molecule has 1 saturated heterocycles. The molecular formula is C25H27N3O. The Kier molecular flexibility index (Phi) is 5.92. The average Bonchev–Trinajstić information content (AvgIpc) is 2.75. The van der Waals surface area contributed by atoms with E-state index in [2.05, 4.69) is 52.4 Å². The normalized spacial score (nSPS) is 14.6. The van der Waals surface area contributed by atoms with Gasteiger partial charge < -0.3 is 10.2 Å². The van der Waals surface area contributed by atoms with E-state index >= 15 is 0 Å². The SMILES string of the molecule is Cc1cccc(N2CCN(Cc3cccc(C(=O)Nc4ccccc4)c3)CC2)c1. The summed E-state index contributed by atoms with van der Waals surface area (Å²) in [5, 5.41) is 2.96. The minimum Gasteiger partial charge on any atom is -0.369 e. The summed E-state index contributed by atoms with van der Waals surface area (Å²) in [4.78, 5) is 17.5. The Hall–Kier alpha value is -3.11. The lowest BCUT2D eigenvalue weighted by atomic mass is 10.1. The van der Waals surface area contributed by atoms with Crippen molar-refractivity contribution in [3.63, 3.8) is 0 Å². The molecule has 1 fully saturated rings. The second-order valence-corrected chi connectivity index (χ2v) is 7.62. The van der Waals surface area contributed by atoms with Crippen molar-refractivity contribution in [1.82, 2.24) is 4.90 Å².